The van der Waals surface area contributed by atoms with Crippen molar-refractivity contribution in [2.24, 2.45) is 0 Å². The zero-order valence-corrected chi connectivity index (χ0v) is 23.2. The van der Waals surface area contributed by atoms with Gasteiger partial charge < -0.3 is 10.2 Å². The first kappa shape index (κ1) is 27.2. The number of sulfonamides is 1. The van der Waals surface area contributed by atoms with E-state index in [0.29, 0.717) is 27.5 Å². The fraction of sp³-hybridized carbons (Fsp3) is 0.333. The monoisotopic (exact) mass is 561 g/mol. The first-order valence-electron chi connectivity index (χ1n) is 12.1. The number of carbonyl (C=O) groups is 2. The van der Waals surface area contributed by atoms with Crippen LogP contribution in [0, 0.1) is 0 Å². The van der Waals surface area contributed by atoms with E-state index in [4.69, 9.17) is 23.2 Å². The molecule has 10 heteroatoms. The van der Waals surface area contributed by atoms with Gasteiger partial charge in [0.05, 0.1) is 20.6 Å². The van der Waals surface area contributed by atoms with Gasteiger partial charge in [-0.25, -0.2) is 8.42 Å². The average molecular weight is 563 g/mol. The van der Waals surface area contributed by atoms with Crippen LogP contribution in [0.25, 0.3) is 10.8 Å². The molecule has 4 rings (SSSR count). The summed E-state index contributed by atoms with van der Waals surface area (Å²) in [4.78, 5) is 27.9. The summed E-state index contributed by atoms with van der Waals surface area (Å²) in [5.41, 5.74) is 1.36. The van der Waals surface area contributed by atoms with Gasteiger partial charge in [-0.3, -0.25) is 13.9 Å². The fourth-order valence-corrected chi connectivity index (χ4v) is 6.61. The first-order chi connectivity index (χ1) is 17.5. The van der Waals surface area contributed by atoms with Crippen LogP contribution in [0.4, 0.5) is 5.69 Å². The maximum atomic E-state index is 13.4. The van der Waals surface area contributed by atoms with Gasteiger partial charge in [0.15, 0.2) is 0 Å². The van der Waals surface area contributed by atoms with Crippen molar-refractivity contribution in [2.75, 3.05) is 10.8 Å². The highest BCUT2D eigenvalue weighted by Gasteiger charge is 2.35. The van der Waals surface area contributed by atoms with E-state index in [9.17, 15) is 18.0 Å². The number of halogens is 2. The third-order valence-electron chi connectivity index (χ3n) is 6.37. The highest BCUT2D eigenvalue weighted by molar-refractivity contribution is 7.93. The number of hydrogen-bond donors (Lipinski definition) is 1. The summed E-state index contributed by atoms with van der Waals surface area (Å²) in [7, 11) is -3.70. The Labute approximate surface area is 227 Å². The Morgan fingerprint density at radius 2 is 1.70 bits per heavy atom. The summed E-state index contributed by atoms with van der Waals surface area (Å²) >= 11 is 12.2. The SMILES string of the molecule is CC(C)NC(=O)C(C)N(Cc1ccc(Cl)c(Cl)c1)C(=O)CCCN1c2cccc3cccc(c23)S1(=O)=O. The van der Waals surface area contributed by atoms with Gasteiger partial charge >= 0.3 is 0 Å². The summed E-state index contributed by atoms with van der Waals surface area (Å²) in [6.07, 6.45) is 0.359. The van der Waals surface area contributed by atoms with E-state index in [0.717, 1.165) is 10.9 Å². The lowest BCUT2D eigenvalue weighted by molar-refractivity contribution is -0.140. The molecule has 1 aliphatic heterocycles. The van der Waals surface area contributed by atoms with Crippen LogP contribution in [-0.4, -0.2) is 43.8 Å². The maximum Gasteiger partial charge on any atom is 0.265 e. The number of carbonyl (C=O) groups excluding carboxylic acids is 2. The number of benzene rings is 3. The molecule has 1 N–H and O–H groups in total. The van der Waals surface area contributed by atoms with Gasteiger partial charge in [0.1, 0.15) is 6.04 Å². The van der Waals surface area contributed by atoms with Gasteiger partial charge in [-0.2, -0.15) is 0 Å². The van der Waals surface area contributed by atoms with Crippen molar-refractivity contribution in [1.82, 2.24) is 10.2 Å². The Morgan fingerprint density at radius 3 is 2.38 bits per heavy atom. The molecular weight excluding hydrogens is 533 g/mol. The molecule has 0 spiro atoms. The van der Waals surface area contributed by atoms with Crippen LogP contribution < -0.4 is 9.62 Å². The van der Waals surface area contributed by atoms with Crippen LogP contribution in [0.15, 0.2) is 59.5 Å². The van der Waals surface area contributed by atoms with Crippen molar-refractivity contribution in [3.8, 4) is 0 Å². The predicted octanol–water partition coefficient (Wildman–Crippen LogP) is 5.38. The number of rotatable bonds is 9. The lowest BCUT2D eigenvalue weighted by Gasteiger charge is -2.30. The highest BCUT2D eigenvalue weighted by atomic mass is 35.5. The molecule has 1 atom stereocenters. The number of anilines is 1. The molecule has 37 heavy (non-hydrogen) atoms. The van der Waals surface area contributed by atoms with E-state index < -0.39 is 16.1 Å². The lowest BCUT2D eigenvalue weighted by Crippen LogP contribution is -2.49. The topological polar surface area (TPSA) is 86.8 Å². The molecule has 0 saturated heterocycles. The Hall–Kier alpha value is -2.81. The standard InChI is InChI=1S/C27H29Cl2N3O4S/c1-17(2)30-27(34)18(3)31(16-19-12-13-21(28)22(29)15-19)25(33)11-6-14-32-23-9-4-7-20-8-5-10-24(26(20)23)37(32,35)36/h4-5,7-10,12-13,15,17-18H,6,11,14,16H2,1-3H3,(H,30,34). The van der Waals surface area contributed by atoms with Crippen LogP contribution in [0.3, 0.4) is 0 Å². The molecule has 2 amide bonds. The Kier molecular flexibility index (Phi) is 8.02. The summed E-state index contributed by atoms with van der Waals surface area (Å²) in [6, 6.07) is 15.0. The van der Waals surface area contributed by atoms with Gasteiger partial charge in [-0.05, 0) is 62.4 Å². The van der Waals surface area contributed by atoms with Gasteiger partial charge in [-0.15, -0.1) is 0 Å². The predicted molar refractivity (Wildman–Crippen MR) is 147 cm³/mol. The minimum absolute atomic E-state index is 0.0684. The molecule has 0 fully saturated rings. The summed E-state index contributed by atoms with van der Waals surface area (Å²) in [5.74, 6) is -0.530. The van der Waals surface area contributed by atoms with Gasteiger partial charge in [-0.1, -0.05) is 53.5 Å². The Balaban J connectivity index is 1.51. The third-order valence-corrected chi connectivity index (χ3v) is 8.96. The van der Waals surface area contributed by atoms with Crippen molar-refractivity contribution >= 4 is 61.5 Å². The molecule has 1 aliphatic rings. The van der Waals surface area contributed by atoms with Crippen LogP contribution in [0.5, 0.6) is 0 Å². The summed E-state index contributed by atoms with van der Waals surface area (Å²) in [5, 5.41) is 5.17. The van der Waals surface area contributed by atoms with E-state index in [2.05, 4.69) is 5.32 Å². The molecule has 7 nitrogen and oxygen atoms in total. The zero-order chi connectivity index (χ0) is 26.9. The molecule has 0 aromatic heterocycles. The second kappa shape index (κ2) is 10.9. The first-order valence-corrected chi connectivity index (χ1v) is 14.3. The smallest absolute Gasteiger partial charge is 0.265 e. The minimum Gasteiger partial charge on any atom is -0.352 e. The van der Waals surface area contributed by atoms with Crippen LogP contribution in [0.1, 0.15) is 39.2 Å². The molecule has 3 aromatic carbocycles. The quantitative estimate of drug-likeness (QED) is 0.380. The second-order valence-electron chi connectivity index (χ2n) is 9.42. The molecule has 196 valence electrons. The van der Waals surface area contributed by atoms with E-state index in [1.807, 2.05) is 32.0 Å². The van der Waals surface area contributed by atoms with E-state index >= 15 is 0 Å². The average Bonchev–Trinajstić information content (AvgIpc) is 3.07. The van der Waals surface area contributed by atoms with E-state index in [1.54, 1.807) is 43.3 Å². The van der Waals surface area contributed by atoms with Crippen molar-refractivity contribution in [3.05, 3.63) is 70.2 Å². The molecule has 3 aromatic rings. The molecule has 1 heterocycles. The number of hydrogen-bond acceptors (Lipinski definition) is 4. The number of nitrogens with zero attached hydrogens (tertiary/aromatic N) is 2. The summed E-state index contributed by atoms with van der Waals surface area (Å²) in [6.45, 7) is 5.69. The zero-order valence-electron chi connectivity index (χ0n) is 20.9. The molecule has 0 bridgehead atoms. The van der Waals surface area contributed by atoms with Crippen LogP contribution >= 0.6 is 23.2 Å². The number of amides is 2. The van der Waals surface area contributed by atoms with Gasteiger partial charge in [0, 0.05) is 30.9 Å². The molecule has 0 aliphatic carbocycles. The van der Waals surface area contributed by atoms with Crippen LogP contribution in [0.2, 0.25) is 10.0 Å². The Morgan fingerprint density at radius 1 is 1.00 bits per heavy atom. The van der Waals surface area contributed by atoms with Crippen molar-refractivity contribution < 1.29 is 18.0 Å². The van der Waals surface area contributed by atoms with Gasteiger partial charge in [0.25, 0.3) is 10.0 Å². The van der Waals surface area contributed by atoms with Gasteiger partial charge in [0.2, 0.25) is 11.8 Å². The van der Waals surface area contributed by atoms with E-state index in [-0.39, 0.29) is 42.3 Å². The molecule has 1 unspecified atom stereocenters. The normalized spacial score (nSPS) is 14.7. The van der Waals surface area contributed by atoms with Crippen molar-refractivity contribution in [2.45, 2.75) is 57.1 Å². The second-order valence-corrected chi connectivity index (χ2v) is 12.1. The number of nitrogens with one attached hydrogen (secondary N) is 1. The van der Waals surface area contributed by atoms with Crippen molar-refractivity contribution in [1.29, 1.82) is 0 Å². The van der Waals surface area contributed by atoms with E-state index in [1.165, 1.54) is 9.21 Å². The maximum absolute atomic E-state index is 13.4. The lowest BCUT2D eigenvalue weighted by atomic mass is 10.1. The minimum atomic E-state index is -3.70. The fourth-order valence-electron chi connectivity index (χ4n) is 4.54. The van der Waals surface area contributed by atoms with Crippen LogP contribution in [-0.2, 0) is 26.2 Å². The molecule has 0 saturated carbocycles. The van der Waals surface area contributed by atoms with Crippen molar-refractivity contribution in [3.63, 3.8) is 0 Å². The molecule has 0 radical (unpaired) electrons. The molecular formula is C27H29Cl2N3O4S. The Bertz CT molecular complexity index is 1450. The third kappa shape index (κ3) is 5.56. The highest BCUT2D eigenvalue weighted by Crippen LogP contribution is 2.42. The summed E-state index contributed by atoms with van der Waals surface area (Å²) < 4.78 is 27.8. The largest absolute Gasteiger partial charge is 0.352 e.